The van der Waals surface area contributed by atoms with E-state index in [1.807, 2.05) is 0 Å². The van der Waals surface area contributed by atoms with Crippen molar-refractivity contribution in [2.75, 3.05) is 0 Å². The second kappa shape index (κ2) is 6.65. The summed E-state index contributed by atoms with van der Waals surface area (Å²) < 4.78 is 0. The molecule has 2 heteroatoms. The molecule has 144 valence electrons. The molecular weight excluding hydrogens is 292 g/mol. The number of hydrogen-bond donors (Lipinski definition) is 0. The van der Waals surface area contributed by atoms with Crippen LogP contribution in [-0.2, 0) is 0 Å². The van der Waals surface area contributed by atoms with Gasteiger partial charge in [0, 0.05) is 16.5 Å². The molecule has 0 radical (unpaired) electrons. The molecular formula is C22H46N2. The van der Waals surface area contributed by atoms with Gasteiger partial charge in [-0.1, -0.05) is 62.3 Å². The maximum absolute atomic E-state index is 5.47. The van der Waals surface area contributed by atoms with E-state index >= 15 is 0 Å². The van der Waals surface area contributed by atoms with E-state index in [-0.39, 0.29) is 33.4 Å². The molecule has 0 fully saturated rings. The van der Waals surface area contributed by atoms with Crippen molar-refractivity contribution in [2.24, 2.45) is 21.2 Å². The summed E-state index contributed by atoms with van der Waals surface area (Å²) in [6.07, 6.45) is 0. The minimum atomic E-state index is -0.00465. The van der Waals surface area contributed by atoms with Crippen LogP contribution < -0.4 is 0 Å². The maximum atomic E-state index is 5.47. The maximum Gasteiger partial charge on any atom is 0.106 e. The predicted octanol–water partition coefficient (Wildman–Crippen LogP) is 6.79. The van der Waals surface area contributed by atoms with Gasteiger partial charge in [-0.05, 0) is 52.4 Å². The molecule has 0 bridgehead atoms. The zero-order valence-electron chi connectivity index (χ0n) is 19.5. The Morgan fingerprint density at radius 2 is 0.875 bits per heavy atom. The Bertz CT molecular complexity index is 409. The summed E-state index contributed by atoms with van der Waals surface area (Å²) in [7, 11) is 0. The molecule has 0 atom stereocenters. The van der Waals surface area contributed by atoms with Crippen molar-refractivity contribution in [3.05, 3.63) is 0 Å². The molecule has 0 saturated heterocycles. The minimum Gasteiger partial charge on any atom is -0.350 e. The Morgan fingerprint density at radius 3 is 1.04 bits per heavy atom. The molecule has 0 amide bonds. The average Bonchev–Trinajstić information content (AvgIpc) is 2.13. The number of aliphatic imine (C=N–C) groups is 1. The van der Waals surface area contributed by atoms with Crippen LogP contribution >= 0.6 is 0 Å². The van der Waals surface area contributed by atoms with Crippen LogP contribution in [0.1, 0.15) is 104 Å². The molecule has 0 aromatic carbocycles. The summed E-state index contributed by atoms with van der Waals surface area (Å²) in [5.41, 5.74) is 0.275. The zero-order valence-corrected chi connectivity index (χ0v) is 19.5. The number of amidine groups is 1. The van der Waals surface area contributed by atoms with Crippen LogP contribution in [-0.4, -0.2) is 27.9 Å². The van der Waals surface area contributed by atoms with Gasteiger partial charge in [-0.15, -0.1) is 0 Å². The zero-order chi connectivity index (χ0) is 19.9. The first-order valence-electron chi connectivity index (χ1n) is 9.48. The standard InChI is InChI=1S/C22H46N2/c1-18(2,3)16(19(4,5)6)23-17(20(7,8)9)24(21(10,11)12)22(13,14)15/h16H,1-15H3. The van der Waals surface area contributed by atoms with E-state index in [9.17, 15) is 0 Å². The molecule has 0 aromatic rings. The van der Waals surface area contributed by atoms with Crippen LogP contribution in [0.15, 0.2) is 4.99 Å². The first-order chi connectivity index (χ1) is 10.1. The van der Waals surface area contributed by atoms with Crippen molar-refractivity contribution in [1.82, 2.24) is 4.90 Å². The molecule has 0 aliphatic rings. The van der Waals surface area contributed by atoms with Crippen LogP contribution in [0.4, 0.5) is 0 Å². The van der Waals surface area contributed by atoms with Gasteiger partial charge in [-0.2, -0.15) is 0 Å². The third kappa shape index (κ3) is 6.41. The molecule has 0 aromatic heterocycles. The molecule has 2 nitrogen and oxygen atoms in total. The van der Waals surface area contributed by atoms with Gasteiger partial charge in [0.2, 0.25) is 0 Å². The van der Waals surface area contributed by atoms with Gasteiger partial charge < -0.3 is 4.90 Å². The summed E-state index contributed by atoms with van der Waals surface area (Å²) in [6.45, 7) is 34.5. The first kappa shape index (κ1) is 23.5. The van der Waals surface area contributed by atoms with E-state index < -0.39 is 0 Å². The third-order valence-electron chi connectivity index (χ3n) is 4.12. The summed E-state index contributed by atoms with van der Waals surface area (Å²) in [5, 5.41) is 0. The Hall–Kier alpha value is -0.530. The lowest BCUT2D eigenvalue weighted by atomic mass is 9.72. The van der Waals surface area contributed by atoms with E-state index in [0.29, 0.717) is 0 Å². The summed E-state index contributed by atoms with van der Waals surface area (Å²) in [5.74, 6) is 1.22. The van der Waals surface area contributed by atoms with Crippen molar-refractivity contribution >= 4 is 5.84 Å². The van der Waals surface area contributed by atoms with E-state index in [1.54, 1.807) is 0 Å². The SMILES string of the molecule is CC(C)(C)C(=NC(C(C)(C)C)C(C)(C)C)N(C(C)(C)C)C(C)(C)C. The fraction of sp³-hybridized carbons (Fsp3) is 0.955. The third-order valence-corrected chi connectivity index (χ3v) is 4.12. The highest BCUT2D eigenvalue weighted by molar-refractivity contribution is 5.88. The highest BCUT2D eigenvalue weighted by atomic mass is 15.3. The van der Waals surface area contributed by atoms with Gasteiger partial charge >= 0.3 is 0 Å². The van der Waals surface area contributed by atoms with Gasteiger partial charge in [-0.25, -0.2) is 0 Å². The van der Waals surface area contributed by atoms with Crippen LogP contribution in [0.2, 0.25) is 0 Å². The van der Waals surface area contributed by atoms with Crippen molar-refractivity contribution in [1.29, 1.82) is 0 Å². The molecule has 0 saturated carbocycles. The second-order valence-corrected chi connectivity index (χ2v) is 12.5. The van der Waals surface area contributed by atoms with Gasteiger partial charge in [0.25, 0.3) is 0 Å². The van der Waals surface area contributed by atoms with E-state index in [4.69, 9.17) is 4.99 Å². The fourth-order valence-corrected chi connectivity index (χ4v) is 4.04. The van der Waals surface area contributed by atoms with Crippen molar-refractivity contribution in [3.63, 3.8) is 0 Å². The average molecular weight is 339 g/mol. The fourth-order valence-electron chi connectivity index (χ4n) is 4.04. The molecule has 24 heavy (non-hydrogen) atoms. The van der Waals surface area contributed by atoms with Crippen LogP contribution in [0, 0.1) is 16.2 Å². The Kier molecular flexibility index (Phi) is 6.50. The Morgan fingerprint density at radius 1 is 0.583 bits per heavy atom. The molecule has 0 unspecified atom stereocenters. The minimum absolute atomic E-state index is 0.00465. The topological polar surface area (TPSA) is 15.6 Å². The second-order valence-electron chi connectivity index (χ2n) is 12.5. The molecule has 0 heterocycles. The van der Waals surface area contributed by atoms with E-state index in [2.05, 4.69) is 109 Å². The van der Waals surface area contributed by atoms with Crippen LogP contribution in [0.25, 0.3) is 0 Å². The van der Waals surface area contributed by atoms with Gasteiger partial charge in [0.05, 0.1) is 6.04 Å². The largest absolute Gasteiger partial charge is 0.350 e. The van der Waals surface area contributed by atoms with Gasteiger partial charge in [0.15, 0.2) is 0 Å². The first-order valence-corrected chi connectivity index (χ1v) is 9.48. The van der Waals surface area contributed by atoms with E-state index in [1.165, 1.54) is 5.84 Å². The highest BCUT2D eigenvalue weighted by Gasteiger charge is 2.42. The Balaban J connectivity index is 6.59. The highest BCUT2D eigenvalue weighted by Crippen LogP contribution is 2.39. The van der Waals surface area contributed by atoms with Crippen LogP contribution in [0.3, 0.4) is 0 Å². The number of hydrogen-bond acceptors (Lipinski definition) is 1. The van der Waals surface area contributed by atoms with Crippen molar-refractivity contribution < 1.29 is 0 Å². The predicted molar refractivity (Wildman–Crippen MR) is 111 cm³/mol. The molecule has 0 aliphatic heterocycles. The summed E-state index contributed by atoms with van der Waals surface area (Å²) >= 11 is 0. The lowest BCUT2D eigenvalue weighted by Crippen LogP contribution is -2.59. The molecule has 0 rings (SSSR count). The monoisotopic (exact) mass is 338 g/mol. The van der Waals surface area contributed by atoms with Gasteiger partial charge in [-0.3, -0.25) is 4.99 Å². The summed E-state index contributed by atoms with van der Waals surface area (Å²) in [6, 6.07) is 0.256. The lowest BCUT2D eigenvalue weighted by molar-refractivity contribution is 0.104. The molecule has 0 aliphatic carbocycles. The molecule has 0 N–H and O–H groups in total. The number of nitrogens with zero attached hydrogens (tertiary/aromatic N) is 2. The lowest BCUT2D eigenvalue weighted by Gasteiger charge is -2.52. The Labute approximate surface area is 153 Å². The normalized spacial score (nSPS) is 15.9. The van der Waals surface area contributed by atoms with Gasteiger partial charge in [0.1, 0.15) is 5.84 Å². The smallest absolute Gasteiger partial charge is 0.106 e. The van der Waals surface area contributed by atoms with Crippen molar-refractivity contribution in [2.45, 2.75) is 121 Å². The van der Waals surface area contributed by atoms with Crippen molar-refractivity contribution in [3.8, 4) is 0 Å². The van der Waals surface area contributed by atoms with E-state index in [0.717, 1.165) is 0 Å². The number of rotatable bonds is 1. The molecule has 0 spiro atoms. The summed E-state index contributed by atoms with van der Waals surface area (Å²) in [4.78, 5) is 8.00. The quantitative estimate of drug-likeness (QED) is 0.379. The van der Waals surface area contributed by atoms with Crippen LogP contribution in [0.5, 0.6) is 0 Å².